The molecule has 1 atom stereocenters. The van der Waals surface area contributed by atoms with Gasteiger partial charge >= 0.3 is 5.97 Å². The first-order chi connectivity index (χ1) is 10.4. The van der Waals surface area contributed by atoms with Crippen LogP contribution in [0, 0.1) is 5.92 Å². The molecule has 0 radical (unpaired) electrons. The SMILES string of the molecule is COC(=O)[C@@H](CC(C)C)NC(=O)c1cc2cc(Cl)ccc2[nH]1. The smallest absolute Gasteiger partial charge is 0.328 e. The van der Waals surface area contributed by atoms with Crippen LogP contribution in [-0.2, 0) is 9.53 Å². The number of carbonyl (C=O) groups excluding carboxylic acids is 2. The fourth-order valence-electron chi connectivity index (χ4n) is 2.29. The van der Waals surface area contributed by atoms with Crippen molar-refractivity contribution in [3.63, 3.8) is 0 Å². The molecule has 0 saturated heterocycles. The lowest BCUT2D eigenvalue weighted by Gasteiger charge is -2.17. The first-order valence-electron chi connectivity index (χ1n) is 7.07. The molecular weight excluding hydrogens is 304 g/mol. The van der Waals surface area contributed by atoms with Crippen molar-refractivity contribution in [2.24, 2.45) is 5.92 Å². The molecule has 6 heteroatoms. The van der Waals surface area contributed by atoms with Crippen molar-refractivity contribution >= 4 is 34.4 Å². The number of aromatic amines is 1. The topological polar surface area (TPSA) is 71.2 Å². The molecule has 0 unspecified atom stereocenters. The van der Waals surface area contributed by atoms with Crippen LogP contribution in [-0.4, -0.2) is 30.0 Å². The fraction of sp³-hybridized carbons (Fsp3) is 0.375. The molecule has 2 N–H and O–H groups in total. The zero-order valence-electron chi connectivity index (χ0n) is 12.8. The molecule has 1 aromatic heterocycles. The van der Waals surface area contributed by atoms with E-state index in [9.17, 15) is 9.59 Å². The minimum Gasteiger partial charge on any atom is -0.467 e. The Bertz CT molecular complexity index is 694. The van der Waals surface area contributed by atoms with Gasteiger partial charge in [-0.05, 0) is 36.6 Å². The second-order valence-electron chi connectivity index (χ2n) is 5.59. The fourth-order valence-corrected chi connectivity index (χ4v) is 2.47. The van der Waals surface area contributed by atoms with Crippen LogP contribution in [0.3, 0.4) is 0 Å². The Kier molecular flexibility index (Phi) is 5.08. The highest BCUT2D eigenvalue weighted by molar-refractivity contribution is 6.31. The molecule has 2 rings (SSSR count). The van der Waals surface area contributed by atoms with E-state index in [1.807, 2.05) is 13.8 Å². The summed E-state index contributed by atoms with van der Waals surface area (Å²) in [6.45, 7) is 3.96. The zero-order valence-corrected chi connectivity index (χ0v) is 13.5. The lowest BCUT2D eigenvalue weighted by molar-refractivity contribution is -0.143. The third-order valence-corrected chi connectivity index (χ3v) is 3.56. The van der Waals surface area contributed by atoms with E-state index in [1.54, 1.807) is 24.3 Å². The lowest BCUT2D eigenvalue weighted by atomic mass is 10.0. The Morgan fingerprint density at radius 2 is 2.05 bits per heavy atom. The molecule has 1 amide bonds. The summed E-state index contributed by atoms with van der Waals surface area (Å²) in [6, 6.07) is 6.38. The van der Waals surface area contributed by atoms with E-state index in [4.69, 9.17) is 16.3 Å². The highest BCUT2D eigenvalue weighted by Gasteiger charge is 2.23. The van der Waals surface area contributed by atoms with Gasteiger partial charge in [-0.1, -0.05) is 25.4 Å². The maximum Gasteiger partial charge on any atom is 0.328 e. The first-order valence-corrected chi connectivity index (χ1v) is 7.45. The summed E-state index contributed by atoms with van der Waals surface area (Å²) >= 11 is 5.93. The van der Waals surface area contributed by atoms with Crippen LogP contribution in [0.4, 0.5) is 0 Å². The molecule has 1 aromatic carbocycles. The summed E-state index contributed by atoms with van der Waals surface area (Å²) in [4.78, 5) is 27.1. The Morgan fingerprint density at radius 3 is 2.68 bits per heavy atom. The van der Waals surface area contributed by atoms with Crippen molar-refractivity contribution in [2.45, 2.75) is 26.3 Å². The predicted octanol–water partition coefficient (Wildman–Crippen LogP) is 3.14. The highest BCUT2D eigenvalue weighted by atomic mass is 35.5. The number of aromatic nitrogens is 1. The van der Waals surface area contributed by atoms with E-state index in [2.05, 4.69) is 10.3 Å². The number of hydrogen-bond donors (Lipinski definition) is 2. The van der Waals surface area contributed by atoms with E-state index in [-0.39, 0.29) is 11.8 Å². The summed E-state index contributed by atoms with van der Waals surface area (Å²) in [5, 5.41) is 4.16. The minimum absolute atomic E-state index is 0.255. The maximum absolute atomic E-state index is 12.3. The van der Waals surface area contributed by atoms with Gasteiger partial charge in [0.2, 0.25) is 0 Å². The molecule has 0 bridgehead atoms. The van der Waals surface area contributed by atoms with Crippen molar-refractivity contribution in [1.29, 1.82) is 0 Å². The number of rotatable bonds is 5. The molecule has 0 saturated carbocycles. The quantitative estimate of drug-likeness (QED) is 0.831. The molecule has 0 fully saturated rings. The van der Waals surface area contributed by atoms with Crippen molar-refractivity contribution in [3.8, 4) is 0 Å². The van der Waals surface area contributed by atoms with Gasteiger partial charge in [0.15, 0.2) is 0 Å². The van der Waals surface area contributed by atoms with Crippen LogP contribution in [0.2, 0.25) is 5.02 Å². The van der Waals surface area contributed by atoms with Gasteiger partial charge in [-0.3, -0.25) is 4.79 Å². The third kappa shape index (κ3) is 3.80. The van der Waals surface area contributed by atoms with Gasteiger partial charge in [-0.15, -0.1) is 0 Å². The number of esters is 1. The summed E-state index contributed by atoms with van der Waals surface area (Å²) in [5.41, 5.74) is 1.20. The average Bonchev–Trinajstić information content (AvgIpc) is 2.88. The molecule has 2 aromatic rings. The molecule has 22 heavy (non-hydrogen) atoms. The number of ether oxygens (including phenoxy) is 1. The number of fused-ring (bicyclic) bond motifs is 1. The summed E-state index contributed by atoms with van der Waals surface area (Å²) in [6.07, 6.45) is 0.518. The van der Waals surface area contributed by atoms with Crippen molar-refractivity contribution in [2.75, 3.05) is 7.11 Å². The van der Waals surface area contributed by atoms with E-state index < -0.39 is 12.0 Å². The van der Waals surface area contributed by atoms with Crippen LogP contribution >= 0.6 is 11.6 Å². The molecule has 0 aliphatic carbocycles. The van der Waals surface area contributed by atoms with Gasteiger partial charge in [0.05, 0.1) is 7.11 Å². The lowest BCUT2D eigenvalue weighted by Crippen LogP contribution is -2.42. The second-order valence-corrected chi connectivity index (χ2v) is 6.03. The number of amides is 1. The van der Waals surface area contributed by atoms with Crippen molar-refractivity contribution in [1.82, 2.24) is 10.3 Å². The predicted molar refractivity (Wildman–Crippen MR) is 86.0 cm³/mol. The normalized spacial score (nSPS) is 12.4. The van der Waals surface area contributed by atoms with Crippen LogP contribution < -0.4 is 5.32 Å². The first kappa shape index (κ1) is 16.4. The second kappa shape index (κ2) is 6.83. The number of nitrogens with one attached hydrogen (secondary N) is 2. The van der Waals surface area contributed by atoms with Crippen LogP contribution in [0.25, 0.3) is 10.9 Å². The van der Waals surface area contributed by atoms with Gasteiger partial charge in [0.25, 0.3) is 5.91 Å². The number of H-pyrrole nitrogens is 1. The molecule has 0 spiro atoms. The highest BCUT2D eigenvalue weighted by Crippen LogP contribution is 2.20. The Morgan fingerprint density at radius 1 is 1.32 bits per heavy atom. The van der Waals surface area contributed by atoms with Crippen molar-refractivity contribution in [3.05, 3.63) is 35.0 Å². The van der Waals surface area contributed by atoms with Crippen molar-refractivity contribution < 1.29 is 14.3 Å². The standard InChI is InChI=1S/C16H19ClN2O3/c1-9(2)6-14(16(21)22-3)19-15(20)13-8-10-7-11(17)4-5-12(10)18-13/h4-5,7-9,14,18H,6H2,1-3H3,(H,19,20)/t14-/m1/s1. The molecule has 0 aliphatic rings. The number of methoxy groups -OCH3 is 1. The number of carbonyl (C=O) groups is 2. The Labute approximate surface area is 134 Å². The number of halogens is 1. The van der Waals surface area contributed by atoms with Gasteiger partial charge in [0.1, 0.15) is 11.7 Å². The van der Waals surface area contributed by atoms with Crippen LogP contribution in [0.1, 0.15) is 30.8 Å². The van der Waals surface area contributed by atoms with E-state index in [0.717, 1.165) is 10.9 Å². The van der Waals surface area contributed by atoms with Gasteiger partial charge in [-0.2, -0.15) is 0 Å². The van der Waals surface area contributed by atoms with E-state index >= 15 is 0 Å². The minimum atomic E-state index is -0.660. The van der Waals surface area contributed by atoms with Crippen LogP contribution in [0.15, 0.2) is 24.3 Å². The molecule has 118 valence electrons. The largest absolute Gasteiger partial charge is 0.467 e. The van der Waals surface area contributed by atoms with Gasteiger partial charge in [0, 0.05) is 15.9 Å². The third-order valence-electron chi connectivity index (χ3n) is 3.33. The zero-order chi connectivity index (χ0) is 16.3. The number of benzene rings is 1. The number of hydrogen-bond acceptors (Lipinski definition) is 3. The Balaban J connectivity index is 2.19. The molecule has 0 aliphatic heterocycles. The summed E-state index contributed by atoms with van der Waals surface area (Å²) < 4.78 is 4.74. The van der Waals surface area contributed by atoms with Crippen LogP contribution in [0.5, 0.6) is 0 Å². The maximum atomic E-state index is 12.3. The molecule has 5 nitrogen and oxygen atoms in total. The molecular formula is C16H19ClN2O3. The van der Waals surface area contributed by atoms with Gasteiger partial charge < -0.3 is 15.0 Å². The summed E-state index contributed by atoms with van der Waals surface area (Å²) in [5.74, 6) is -0.532. The van der Waals surface area contributed by atoms with E-state index in [0.29, 0.717) is 17.1 Å². The molecule has 1 heterocycles. The monoisotopic (exact) mass is 322 g/mol. The van der Waals surface area contributed by atoms with Gasteiger partial charge in [-0.25, -0.2) is 4.79 Å². The van der Waals surface area contributed by atoms with E-state index in [1.165, 1.54) is 7.11 Å². The Hall–Kier alpha value is -2.01. The summed E-state index contributed by atoms with van der Waals surface area (Å²) in [7, 11) is 1.31. The average molecular weight is 323 g/mol.